The molecule has 1 aromatic carbocycles. The third-order valence-electron chi connectivity index (χ3n) is 5.02. The Hall–Kier alpha value is -3.18. The summed E-state index contributed by atoms with van der Waals surface area (Å²) < 4.78 is 0. The normalized spacial score (nSPS) is 14.6. The first-order chi connectivity index (χ1) is 14.0. The molecule has 1 aromatic heterocycles. The van der Waals surface area contributed by atoms with Gasteiger partial charge in [0.25, 0.3) is 0 Å². The van der Waals surface area contributed by atoms with E-state index in [1.165, 1.54) is 0 Å². The van der Waals surface area contributed by atoms with Crippen LogP contribution in [0.15, 0.2) is 24.3 Å². The van der Waals surface area contributed by atoms with E-state index in [9.17, 15) is 14.7 Å². The summed E-state index contributed by atoms with van der Waals surface area (Å²) in [7, 11) is 0. The van der Waals surface area contributed by atoms with Crippen molar-refractivity contribution in [2.75, 3.05) is 42.9 Å². The van der Waals surface area contributed by atoms with Crippen LogP contribution in [-0.4, -0.2) is 59.6 Å². The number of carboxylic acids is 1. The van der Waals surface area contributed by atoms with Gasteiger partial charge in [-0.2, -0.15) is 5.26 Å². The first-order valence-corrected chi connectivity index (χ1v) is 9.84. The Morgan fingerprint density at radius 2 is 2.00 bits per heavy atom. The molecule has 0 aliphatic carbocycles. The van der Waals surface area contributed by atoms with Crippen LogP contribution in [0.25, 0.3) is 10.9 Å². The van der Waals surface area contributed by atoms with E-state index < -0.39 is 5.97 Å². The van der Waals surface area contributed by atoms with Crippen LogP contribution in [0.3, 0.4) is 0 Å². The van der Waals surface area contributed by atoms with E-state index in [2.05, 4.69) is 26.2 Å². The van der Waals surface area contributed by atoms with Crippen molar-refractivity contribution in [1.29, 1.82) is 5.26 Å². The Balaban J connectivity index is 1.85. The quantitative estimate of drug-likeness (QED) is 0.742. The molecule has 1 aliphatic rings. The topological polar surface area (TPSA) is 110 Å². The molecule has 1 amide bonds. The summed E-state index contributed by atoms with van der Waals surface area (Å²) in [6, 6.07) is 8.93. The van der Waals surface area contributed by atoms with Crippen molar-refractivity contribution >= 4 is 34.3 Å². The Morgan fingerprint density at radius 1 is 1.24 bits per heavy atom. The summed E-state index contributed by atoms with van der Waals surface area (Å²) in [6.45, 7) is 5.76. The van der Waals surface area contributed by atoms with Gasteiger partial charge in [0.15, 0.2) is 0 Å². The van der Waals surface area contributed by atoms with Crippen molar-refractivity contribution in [1.82, 2.24) is 9.88 Å². The van der Waals surface area contributed by atoms with E-state index in [0.717, 1.165) is 39.1 Å². The number of rotatable bonds is 7. The second-order valence-corrected chi connectivity index (χ2v) is 7.10. The Bertz CT molecular complexity index is 945. The SMILES string of the molecule is CCCC(=O)Nc1ccc2nc(N3CCN(CCC#N)CC3)cc(C(=O)O)c2c1. The van der Waals surface area contributed by atoms with Gasteiger partial charge in [-0.1, -0.05) is 6.92 Å². The smallest absolute Gasteiger partial charge is 0.336 e. The number of fused-ring (bicyclic) bond motifs is 1. The number of carbonyl (C=O) groups is 2. The molecule has 29 heavy (non-hydrogen) atoms. The lowest BCUT2D eigenvalue weighted by atomic mass is 10.1. The van der Waals surface area contributed by atoms with Gasteiger partial charge in [0.05, 0.1) is 17.1 Å². The first kappa shape index (κ1) is 20.6. The highest BCUT2D eigenvalue weighted by atomic mass is 16.4. The third-order valence-corrected chi connectivity index (χ3v) is 5.02. The zero-order valence-corrected chi connectivity index (χ0v) is 16.5. The molecule has 1 saturated heterocycles. The minimum Gasteiger partial charge on any atom is -0.478 e. The number of benzene rings is 1. The number of nitrogens with zero attached hydrogens (tertiary/aromatic N) is 4. The third kappa shape index (κ3) is 5.00. The number of hydrogen-bond acceptors (Lipinski definition) is 6. The largest absolute Gasteiger partial charge is 0.478 e. The van der Waals surface area contributed by atoms with Crippen molar-refractivity contribution in [2.45, 2.75) is 26.2 Å². The van der Waals surface area contributed by atoms with Crippen LogP contribution in [0.5, 0.6) is 0 Å². The van der Waals surface area contributed by atoms with Crippen LogP contribution in [0.2, 0.25) is 0 Å². The van der Waals surface area contributed by atoms with E-state index in [1.54, 1.807) is 24.3 Å². The van der Waals surface area contributed by atoms with Gasteiger partial charge in [-0.25, -0.2) is 9.78 Å². The molecule has 1 fully saturated rings. The molecule has 1 aliphatic heterocycles. The lowest BCUT2D eigenvalue weighted by molar-refractivity contribution is -0.116. The average molecular weight is 395 g/mol. The summed E-state index contributed by atoms with van der Waals surface area (Å²) in [4.78, 5) is 32.7. The van der Waals surface area contributed by atoms with Crippen LogP contribution in [0.4, 0.5) is 11.5 Å². The fourth-order valence-electron chi connectivity index (χ4n) is 3.49. The van der Waals surface area contributed by atoms with Crippen molar-refractivity contribution in [3.05, 3.63) is 29.8 Å². The second kappa shape index (κ2) is 9.34. The number of nitriles is 1. The number of aromatic nitrogens is 1. The van der Waals surface area contributed by atoms with Gasteiger partial charge in [0, 0.05) is 56.6 Å². The average Bonchev–Trinajstić information content (AvgIpc) is 2.72. The Labute approximate surface area is 169 Å². The molecular weight excluding hydrogens is 370 g/mol. The number of aromatic carboxylic acids is 1. The number of nitrogens with one attached hydrogen (secondary N) is 1. The summed E-state index contributed by atoms with van der Waals surface area (Å²) in [6.07, 6.45) is 1.67. The van der Waals surface area contributed by atoms with Gasteiger partial charge in [-0.3, -0.25) is 9.69 Å². The molecule has 2 N–H and O–H groups in total. The van der Waals surface area contributed by atoms with Crippen LogP contribution in [0, 0.1) is 11.3 Å². The van der Waals surface area contributed by atoms with E-state index in [0.29, 0.717) is 35.2 Å². The van der Waals surface area contributed by atoms with Gasteiger partial charge < -0.3 is 15.3 Å². The second-order valence-electron chi connectivity index (χ2n) is 7.10. The molecule has 0 radical (unpaired) electrons. The molecule has 8 nitrogen and oxygen atoms in total. The number of carbonyl (C=O) groups excluding carboxylic acids is 1. The zero-order chi connectivity index (χ0) is 20.8. The molecule has 0 saturated carbocycles. The summed E-state index contributed by atoms with van der Waals surface area (Å²) in [5, 5.41) is 21.8. The monoisotopic (exact) mass is 395 g/mol. The van der Waals surface area contributed by atoms with E-state index in [4.69, 9.17) is 5.26 Å². The molecule has 3 rings (SSSR count). The van der Waals surface area contributed by atoms with Crippen LogP contribution in [0.1, 0.15) is 36.5 Å². The summed E-state index contributed by atoms with van der Waals surface area (Å²) in [5.74, 6) is -0.483. The van der Waals surface area contributed by atoms with Gasteiger partial charge in [0.1, 0.15) is 5.82 Å². The standard InChI is InChI=1S/C21H25N5O3/c1-2-4-20(27)23-15-5-6-18-16(13-15)17(21(28)29)14-19(24-18)26-11-9-25(10-12-26)8-3-7-22/h5-6,13-14H,2-4,8-12H2,1H3,(H,23,27)(H,28,29). The Kier molecular flexibility index (Phi) is 6.62. The number of amides is 1. The fraction of sp³-hybridized carbons (Fsp3) is 0.429. The molecule has 2 aromatic rings. The summed E-state index contributed by atoms with van der Waals surface area (Å²) >= 11 is 0. The molecule has 0 atom stereocenters. The molecule has 0 unspecified atom stereocenters. The number of piperazine rings is 1. The maximum absolute atomic E-state index is 11.9. The fourth-order valence-corrected chi connectivity index (χ4v) is 3.49. The highest BCUT2D eigenvalue weighted by Gasteiger charge is 2.21. The van der Waals surface area contributed by atoms with Gasteiger partial charge in [-0.15, -0.1) is 0 Å². The molecule has 0 bridgehead atoms. The number of pyridine rings is 1. The van der Waals surface area contributed by atoms with Gasteiger partial charge >= 0.3 is 5.97 Å². The molecule has 0 spiro atoms. The van der Waals surface area contributed by atoms with Crippen LogP contribution < -0.4 is 10.2 Å². The molecule has 152 valence electrons. The lowest BCUT2D eigenvalue weighted by Crippen LogP contribution is -2.46. The molecular formula is C21H25N5O3. The maximum Gasteiger partial charge on any atom is 0.336 e. The minimum absolute atomic E-state index is 0.0948. The lowest BCUT2D eigenvalue weighted by Gasteiger charge is -2.35. The number of carboxylic acid groups (broad SMARTS) is 1. The minimum atomic E-state index is -1.02. The van der Waals surface area contributed by atoms with Crippen molar-refractivity contribution in [3.8, 4) is 6.07 Å². The highest BCUT2D eigenvalue weighted by Crippen LogP contribution is 2.27. The first-order valence-electron chi connectivity index (χ1n) is 9.84. The van der Waals surface area contributed by atoms with E-state index in [-0.39, 0.29) is 11.5 Å². The number of hydrogen-bond donors (Lipinski definition) is 2. The van der Waals surface area contributed by atoms with Crippen LogP contribution in [-0.2, 0) is 4.79 Å². The number of anilines is 2. The highest BCUT2D eigenvalue weighted by molar-refractivity contribution is 6.05. The summed E-state index contributed by atoms with van der Waals surface area (Å²) in [5.41, 5.74) is 1.32. The zero-order valence-electron chi connectivity index (χ0n) is 16.5. The van der Waals surface area contributed by atoms with Crippen LogP contribution >= 0.6 is 0 Å². The van der Waals surface area contributed by atoms with Crippen molar-refractivity contribution in [2.24, 2.45) is 0 Å². The predicted molar refractivity (Wildman–Crippen MR) is 111 cm³/mol. The maximum atomic E-state index is 11.9. The molecule has 2 heterocycles. The van der Waals surface area contributed by atoms with Gasteiger partial charge in [-0.05, 0) is 30.7 Å². The van der Waals surface area contributed by atoms with E-state index in [1.807, 2.05) is 6.92 Å². The van der Waals surface area contributed by atoms with Crippen molar-refractivity contribution < 1.29 is 14.7 Å². The molecule has 8 heteroatoms. The Morgan fingerprint density at radius 3 is 2.66 bits per heavy atom. The van der Waals surface area contributed by atoms with E-state index >= 15 is 0 Å². The van der Waals surface area contributed by atoms with Crippen molar-refractivity contribution in [3.63, 3.8) is 0 Å². The van der Waals surface area contributed by atoms with Gasteiger partial charge in [0.2, 0.25) is 5.91 Å². The predicted octanol–water partition coefficient (Wildman–Crippen LogP) is 2.71.